The maximum Gasteiger partial charge on any atom is 0.351 e. The summed E-state index contributed by atoms with van der Waals surface area (Å²) >= 11 is 0. The fourth-order valence-electron chi connectivity index (χ4n) is 5.79. The molecule has 1 aliphatic heterocycles. The molecule has 0 radical (unpaired) electrons. The van der Waals surface area contributed by atoms with E-state index in [1.54, 1.807) is 0 Å². The maximum absolute atomic E-state index is 14.3. The molecule has 14 nitrogen and oxygen atoms in total. The molecule has 5 N–H and O–H groups in total. The van der Waals surface area contributed by atoms with Gasteiger partial charge in [0.15, 0.2) is 6.23 Å². The summed E-state index contributed by atoms with van der Waals surface area (Å²) in [6.45, 7) is 6.40. The third-order valence-corrected chi connectivity index (χ3v) is 10.3. The largest absolute Gasteiger partial charge is 0.461 e. The number of anilines is 1. The van der Waals surface area contributed by atoms with Crippen molar-refractivity contribution in [2.45, 2.75) is 127 Å². The van der Waals surface area contributed by atoms with Gasteiger partial charge in [-0.3, -0.25) is 18.7 Å². The van der Waals surface area contributed by atoms with Gasteiger partial charge in [0.1, 0.15) is 41.8 Å². The van der Waals surface area contributed by atoms with E-state index >= 15 is 0 Å². The summed E-state index contributed by atoms with van der Waals surface area (Å²) in [6, 6.07) is -0.719. The monoisotopic (exact) mass is 639 g/mol. The Morgan fingerprint density at radius 2 is 1.64 bits per heavy atom. The Kier molecular flexibility index (Phi) is 11.8. The Morgan fingerprint density at radius 3 is 2.11 bits per heavy atom. The first-order valence-corrected chi connectivity index (χ1v) is 17.1. The number of aliphatic hydroxyl groups excluding tert-OH is 1. The summed E-state index contributed by atoms with van der Waals surface area (Å²) in [4.78, 5) is 42.0. The first kappa shape index (κ1) is 34.3. The van der Waals surface area contributed by atoms with Gasteiger partial charge in [0.05, 0.1) is 6.61 Å². The molecule has 1 aromatic heterocycles. The highest BCUT2D eigenvalue weighted by Gasteiger charge is 2.47. The van der Waals surface area contributed by atoms with Crippen molar-refractivity contribution in [2.24, 2.45) is 0 Å². The SMILES string of the molecule is C=C[C@@]1(COP(=O)(N[C@@H](C)C(=O)OC2CCCCC2)N[C@@H](C)C(=O)OC2CCCCC2)C[C@@H](O)[C@H](n2ccc(N)nc2=O)O1. The summed E-state index contributed by atoms with van der Waals surface area (Å²) in [5, 5.41) is 16.2. The van der Waals surface area contributed by atoms with Gasteiger partial charge in [-0.25, -0.2) is 15.0 Å². The van der Waals surface area contributed by atoms with Gasteiger partial charge in [-0.2, -0.15) is 4.98 Å². The molecule has 4 rings (SSSR count). The molecule has 1 aromatic rings. The topological polar surface area (TPSA) is 193 Å². The molecule has 0 aromatic carbocycles. The molecule has 0 bridgehead atoms. The molecular formula is C29H46N5O9P. The minimum absolute atomic E-state index is 0.0161. The van der Waals surface area contributed by atoms with Gasteiger partial charge in [0, 0.05) is 12.6 Å². The lowest BCUT2D eigenvalue weighted by atomic mass is 9.98. The number of aliphatic hydroxyl groups is 1. The van der Waals surface area contributed by atoms with Crippen molar-refractivity contribution >= 4 is 25.4 Å². The summed E-state index contributed by atoms with van der Waals surface area (Å²) < 4.78 is 38.6. The van der Waals surface area contributed by atoms with Crippen molar-refractivity contribution < 1.29 is 38.0 Å². The van der Waals surface area contributed by atoms with E-state index in [2.05, 4.69) is 21.7 Å². The van der Waals surface area contributed by atoms with Crippen LogP contribution in [-0.4, -0.2) is 69.2 Å². The third kappa shape index (κ3) is 8.98. The van der Waals surface area contributed by atoms with Gasteiger partial charge in [0.25, 0.3) is 0 Å². The van der Waals surface area contributed by atoms with Crippen molar-refractivity contribution in [1.29, 1.82) is 0 Å². The smallest absolute Gasteiger partial charge is 0.351 e. The van der Waals surface area contributed by atoms with Crippen molar-refractivity contribution in [2.75, 3.05) is 12.3 Å². The highest BCUT2D eigenvalue weighted by molar-refractivity contribution is 7.54. The van der Waals surface area contributed by atoms with E-state index in [1.165, 1.54) is 32.2 Å². The number of ether oxygens (including phenoxy) is 3. The highest BCUT2D eigenvalue weighted by Crippen LogP contribution is 2.44. The van der Waals surface area contributed by atoms with Crippen LogP contribution in [0, 0.1) is 0 Å². The number of carbonyl (C=O) groups excluding carboxylic acids is 2. The molecule has 2 heterocycles. The quantitative estimate of drug-likeness (QED) is 0.140. The number of aromatic nitrogens is 2. The highest BCUT2D eigenvalue weighted by atomic mass is 31.2. The zero-order valence-corrected chi connectivity index (χ0v) is 26.4. The molecule has 0 spiro atoms. The lowest BCUT2D eigenvalue weighted by molar-refractivity contribution is -0.152. The number of nitrogens with two attached hydrogens (primary N) is 1. The number of esters is 2. The molecule has 2 aliphatic carbocycles. The molecule has 3 aliphatic rings. The van der Waals surface area contributed by atoms with E-state index in [1.807, 2.05) is 0 Å². The second-order valence-electron chi connectivity index (χ2n) is 12.0. The van der Waals surface area contributed by atoms with Crippen LogP contribution in [0.2, 0.25) is 0 Å². The van der Waals surface area contributed by atoms with Crippen LogP contribution in [0.25, 0.3) is 0 Å². The lowest BCUT2D eigenvalue weighted by Gasteiger charge is -2.31. The van der Waals surface area contributed by atoms with Gasteiger partial charge in [-0.05, 0) is 71.3 Å². The van der Waals surface area contributed by atoms with Gasteiger partial charge < -0.3 is 29.6 Å². The van der Waals surface area contributed by atoms with Crippen molar-refractivity contribution in [3.05, 3.63) is 35.4 Å². The second-order valence-corrected chi connectivity index (χ2v) is 13.9. The third-order valence-electron chi connectivity index (χ3n) is 8.33. The summed E-state index contributed by atoms with van der Waals surface area (Å²) in [5.41, 5.74) is 3.48. The predicted octanol–water partition coefficient (Wildman–Crippen LogP) is 2.86. The average Bonchev–Trinajstić information content (AvgIpc) is 3.33. The fourth-order valence-corrected chi connectivity index (χ4v) is 7.65. The van der Waals surface area contributed by atoms with Crippen LogP contribution in [-0.2, 0) is 32.9 Å². The molecular weight excluding hydrogens is 593 g/mol. The molecule has 1 saturated heterocycles. The van der Waals surface area contributed by atoms with Crippen LogP contribution in [0.5, 0.6) is 0 Å². The molecule has 2 saturated carbocycles. The Bertz CT molecular complexity index is 1220. The van der Waals surface area contributed by atoms with Crippen LogP contribution in [0.4, 0.5) is 5.82 Å². The van der Waals surface area contributed by atoms with Crippen LogP contribution >= 0.6 is 7.67 Å². The summed E-state index contributed by atoms with van der Waals surface area (Å²) in [5.74, 6) is -1.18. The fraction of sp³-hybridized carbons (Fsp3) is 0.724. The van der Waals surface area contributed by atoms with Crippen molar-refractivity contribution in [3.8, 4) is 0 Å². The number of carbonyl (C=O) groups is 2. The zero-order valence-electron chi connectivity index (χ0n) is 25.5. The Morgan fingerprint density at radius 1 is 1.11 bits per heavy atom. The first-order valence-electron chi connectivity index (χ1n) is 15.5. The Balaban J connectivity index is 1.48. The minimum atomic E-state index is -4.19. The maximum atomic E-state index is 14.3. The molecule has 5 atom stereocenters. The van der Waals surface area contributed by atoms with Gasteiger partial charge >= 0.3 is 25.3 Å². The van der Waals surface area contributed by atoms with Gasteiger partial charge in [-0.15, -0.1) is 6.58 Å². The van der Waals surface area contributed by atoms with E-state index in [9.17, 15) is 24.1 Å². The predicted molar refractivity (Wildman–Crippen MR) is 161 cm³/mol. The van der Waals surface area contributed by atoms with Gasteiger partial charge in [-0.1, -0.05) is 18.9 Å². The van der Waals surface area contributed by atoms with E-state index < -0.39 is 61.9 Å². The average molecular weight is 640 g/mol. The van der Waals surface area contributed by atoms with Crippen LogP contribution in [0.15, 0.2) is 29.7 Å². The van der Waals surface area contributed by atoms with Crippen molar-refractivity contribution in [3.63, 3.8) is 0 Å². The van der Waals surface area contributed by atoms with E-state index in [0.717, 1.165) is 68.8 Å². The number of nitrogens with zero attached hydrogens (tertiary/aromatic N) is 2. The van der Waals surface area contributed by atoms with Crippen LogP contribution in [0.3, 0.4) is 0 Å². The molecule has 44 heavy (non-hydrogen) atoms. The van der Waals surface area contributed by atoms with Crippen LogP contribution < -0.4 is 21.6 Å². The summed E-state index contributed by atoms with van der Waals surface area (Å²) in [6.07, 6.45) is 9.08. The standard InChI is InChI=1S/C29H46N5O9P/c1-4-29(17-23(35)25(43-29)34-16-15-24(30)31-28(34)38)18-40-44(39,32-19(2)26(36)41-21-11-7-5-8-12-21)33-20(3)27(37)42-22-13-9-6-10-14-22/h4,15-16,19-23,25,35H,1,5-14,17-18H2,2-3H3,(H2,30,31,38)(H2,32,33,39)/t19-,20-,23+,25+,29-/m0/s1. The number of hydrogen-bond acceptors (Lipinski definition) is 11. The second kappa shape index (κ2) is 15.1. The Hall–Kier alpha value is -2.61. The zero-order chi connectivity index (χ0) is 31.9. The lowest BCUT2D eigenvalue weighted by Crippen LogP contribution is -2.45. The van der Waals surface area contributed by atoms with Crippen LogP contribution in [0.1, 0.15) is 90.7 Å². The van der Waals surface area contributed by atoms with Gasteiger partial charge in [0.2, 0.25) is 0 Å². The molecule has 0 amide bonds. The number of nitrogen functional groups attached to an aromatic ring is 1. The van der Waals surface area contributed by atoms with E-state index in [4.69, 9.17) is 24.5 Å². The Labute approximate surface area is 257 Å². The molecule has 3 fully saturated rings. The normalized spacial score (nSPS) is 26.5. The van der Waals surface area contributed by atoms with E-state index in [-0.39, 0.29) is 24.4 Å². The molecule has 246 valence electrons. The molecule has 0 unspecified atom stereocenters. The number of hydrogen-bond donors (Lipinski definition) is 4. The van der Waals surface area contributed by atoms with Crippen molar-refractivity contribution in [1.82, 2.24) is 19.7 Å². The number of rotatable bonds is 13. The first-order chi connectivity index (χ1) is 20.9. The van der Waals surface area contributed by atoms with E-state index in [0.29, 0.717) is 0 Å². The summed E-state index contributed by atoms with van der Waals surface area (Å²) in [7, 11) is -4.19. The molecule has 15 heteroatoms. The number of nitrogens with one attached hydrogen (secondary N) is 2. The minimum Gasteiger partial charge on any atom is -0.461 e.